The molecular weight excluding hydrogens is 715 g/mol. The fraction of sp³-hybridized carbons (Fsp3) is 0.526. The number of nitrogens with zero attached hydrogens (tertiary/aromatic N) is 2. The first-order valence-electron chi connectivity index (χ1n) is 17.4. The van der Waals surface area contributed by atoms with Crippen LogP contribution in [0.2, 0.25) is 0 Å². The largest absolute Gasteiger partial charge is 0.505 e. The number of ether oxygens (including phenoxy) is 3. The Morgan fingerprint density at radius 3 is 2.38 bits per heavy atom. The average molecular weight is 768 g/mol. The molecule has 2 aromatic carbocycles. The molecule has 0 aliphatic heterocycles. The maximum absolute atomic E-state index is 14.3. The molecule has 294 valence electrons. The summed E-state index contributed by atoms with van der Waals surface area (Å²) in [5, 5.41) is 15.4. The monoisotopic (exact) mass is 767 g/mol. The minimum atomic E-state index is -4.74. The number of hydrogen-bond acceptors (Lipinski definition) is 8. The third-order valence-corrected chi connectivity index (χ3v) is 10.6. The average Bonchev–Trinajstić information content (AvgIpc) is 3.51. The van der Waals surface area contributed by atoms with Crippen LogP contribution in [0.15, 0.2) is 79.6 Å². The number of halogens is 3. The van der Waals surface area contributed by atoms with Crippen LogP contribution in [0.1, 0.15) is 69.2 Å². The van der Waals surface area contributed by atoms with Crippen molar-refractivity contribution < 1.29 is 50.5 Å². The molecule has 2 N–H and O–H groups in total. The lowest BCUT2D eigenvalue weighted by Gasteiger charge is -2.42. The van der Waals surface area contributed by atoms with Gasteiger partial charge in [-0.25, -0.2) is 13.2 Å². The van der Waals surface area contributed by atoms with Gasteiger partial charge in [0.2, 0.25) is 21.7 Å². The zero-order valence-electron chi connectivity index (χ0n) is 31.0. The van der Waals surface area contributed by atoms with Gasteiger partial charge in [-0.05, 0) is 75.6 Å². The summed E-state index contributed by atoms with van der Waals surface area (Å²) in [7, 11) is -2.14. The maximum atomic E-state index is 14.3. The summed E-state index contributed by atoms with van der Waals surface area (Å²) in [6, 6.07) is 13.1. The van der Waals surface area contributed by atoms with Gasteiger partial charge in [0.15, 0.2) is 0 Å². The molecule has 4 atom stereocenters. The molecule has 2 aromatic rings. The summed E-state index contributed by atoms with van der Waals surface area (Å²) in [6.45, 7) is 8.14. The van der Waals surface area contributed by atoms with Gasteiger partial charge >= 0.3 is 12.3 Å². The second kappa shape index (κ2) is 18.9. The van der Waals surface area contributed by atoms with Gasteiger partial charge in [-0.15, -0.1) is 6.58 Å². The zero-order chi connectivity index (χ0) is 39.5. The Labute approximate surface area is 310 Å². The Hall–Kier alpha value is -3.92. The summed E-state index contributed by atoms with van der Waals surface area (Å²) >= 11 is 0. The lowest BCUT2D eigenvalue weighted by Crippen LogP contribution is -2.63. The number of alkyl halides is 3. The van der Waals surface area contributed by atoms with E-state index in [4.69, 9.17) is 14.2 Å². The fourth-order valence-electron chi connectivity index (χ4n) is 6.10. The molecule has 15 heteroatoms. The standard InChI is InChI=1S/C38H52F3N3O8S/c1-7-23-51-37(47,27-44(35(46)52-36(2,3)4)31-21-20-29-17-11-12-18-30(29)31)33(26-28-15-9-8-10-16-28)42-34(45)32(19-13-14-24-50-6)43(5)53(48,49)25-22-38(39,40)41/h7-12,14-18,24,31-33,47H,1,13,19-23,25-27H2,2-6H3,(H,42,45)/t31-,32+,33+,37-/m1/s1. The Morgan fingerprint density at radius 1 is 1.09 bits per heavy atom. The van der Waals surface area contributed by atoms with E-state index in [-0.39, 0.29) is 25.9 Å². The quantitative estimate of drug-likeness (QED) is 0.100. The molecule has 2 amide bonds. The van der Waals surface area contributed by atoms with Crippen molar-refractivity contribution in [3.63, 3.8) is 0 Å². The third kappa shape index (κ3) is 13.2. The molecule has 3 rings (SSSR count). The zero-order valence-corrected chi connectivity index (χ0v) is 31.8. The molecule has 0 bridgehead atoms. The number of rotatable bonds is 19. The summed E-state index contributed by atoms with van der Waals surface area (Å²) in [5.74, 6) is -4.49. The Bertz CT molecular complexity index is 1650. The number of aliphatic hydroxyl groups is 1. The van der Waals surface area contributed by atoms with Gasteiger partial charge in [0.05, 0.1) is 50.8 Å². The SMILES string of the molecule is C=CCO[C@](O)(CN(C(=O)OC(C)(C)C)[C@@H]1CCc2ccccc21)[C@H](Cc1ccccc1)NC(=O)[C@H](CCC=COC)N(C)S(=O)(=O)CCC(F)(F)F. The first kappa shape index (κ1) is 43.5. The van der Waals surface area contributed by atoms with E-state index in [9.17, 15) is 36.3 Å². The summed E-state index contributed by atoms with van der Waals surface area (Å²) in [6.07, 6.45) is -1.71. The van der Waals surface area contributed by atoms with Crippen LogP contribution < -0.4 is 5.32 Å². The van der Waals surface area contributed by atoms with Gasteiger partial charge < -0.3 is 24.6 Å². The van der Waals surface area contributed by atoms with Crippen molar-refractivity contribution in [1.29, 1.82) is 0 Å². The van der Waals surface area contributed by atoms with Crippen LogP contribution in [-0.2, 0) is 41.9 Å². The minimum absolute atomic E-state index is 0.0511. The highest BCUT2D eigenvalue weighted by molar-refractivity contribution is 7.89. The van der Waals surface area contributed by atoms with Crippen LogP contribution in [-0.4, -0.2) is 97.4 Å². The number of fused-ring (bicyclic) bond motifs is 1. The number of carbonyl (C=O) groups is 2. The molecular formula is C38H52F3N3O8S. The van der Waals surface area contributed by atoms with Gasteiger partial charge in [-0.3, -0.25) is 9.69 Å². The molecule has 0 saturated heterocycles. The van der Waals surface area contributed by atoms with Crippen molar-refractivity contribution in [3.8, 4) is 0 Å². The molecule has 0 heterocycles. The molecule has 0 unspecified atom stereocenters. The molecule has 0 saturated carbocycles. The molecule has 0 aromatic heterocycles. The van der Waals surface area contributed by atoms with Gasteiger partial charge in [0.25, 0.3) is 0 Å². The van der Waals surface area contributed by atoms with Crippen LogP contribution in [0, 0.1) is 0 Å². The number of methoxy groups -OCH3 is 1. The summed E-state index contributed by atoms with van der Waals surface area (Å²) in [5.41, 5.74) is 1.63. The number of benzene rings is 2. The number of aryl methyl sites for hydroxylation is 1. The van der Waals surface area contributed by atoms with Crippen LogP contribution >= 0.6 is 0 Å². The van der Waals surface area contributed by atoms with Crippen LogP contribution in [0.4, 0.5) is 18.0 Å². The molecule has 1 aliphatic rings. The normalized spacial score (nSPS) is 17.1. The smallest absolute Gasteiger partial charge is 0.410 e. The molecule has 1 aliphatic carbocycles. The van der Waals surface area contributed by atoms with E-state index < -0.39 is 76.4 Å². The lowest BCUT2D eigenvalue weighted by atomic mass is 9.95. The summed E-state index contributed by atoms with van der Waals surface area (Å²) in [4.78, 5) is 29.6. The first-order chi connectivity index (χ1) is 24.8. The van der Waals surface area contributed by atoms with E-state index in [1.807, 2.05) is 24.3 Å². The molecule has 0 fully saturated rings. The van der Waals surface area contributed by atoms with Crippen molar-refractivity contribution in [2.45, 2.75) is 95.0 Å². The number of sulfonamides is 1. The highest BCUT2D eigenvalue weighted by Crippen LogP contribution is 2.38. The molecule has 11 nitrogen and oxygen atoms in total. The highest BCUT2D eigenvalue weighted by Gasteiger charge is 2.46. The second-order valence-electron chi connectivity index (χ2n) is 14.0. The highest BCUT2D eigenvalue weighted by atomic mass is 32.2. The van der Waals surface area contributed by atoms with Crippen molar-refractivity contribution in [1.82, 2.24) is 14.5 Å². The van der Waals surface area contributed by atoms with Gasteiger partial charge in [-0.1, -0.05) is 60.7 Å². The first-order valence-corrected chi connectivity index (χ1v) is 19.0. The van der Waals surface area contributed by atoms with Gasteiger partial charge in [0, 0.05) is 7.05 Å². The van der Waals surface area contributed by atoms with E-state index in [1.165, 1.54) is 24.3 Å². The number of nitrogens with one attached hydrogen (secondary N) is 1. The predicted octanol–water partition coefficient (Wildman–Crippen LogP) is 6.05. The van der Waals surface area contributed by atoms with Crippen LogP contribution in [0.25, 0.3) is 0 Å². The number of carbonyl (C=O) groups excluding carboxylic acids is 2. The number of likely N-dealkylation sites (N-methyl/N-ethyl adjacent to an activating group) is 1. The van der Waals surface area contributed by atoms with Gasteiger partial charge in [0.1, 0.15) is 11.6 Å². The summed E-state index contributed by atoms with van der Waals surface area (Å²) < 4.78 is 83.0. The van der Waals surface area contributed by atoms with Crippen LogP contribution in [0.5, 0.6) is 0 Å². The predicted molar refractivity (Wildman–Crippen MR) is 195 cm³/mol. The van der Waals surface area contributed by atoms with E-state index in [1.54, 1.807) is 57.2 Å². The minimum Gasteiger partial charge on any atom is -0.505 e. The Balaban J connectivity index is 2.11. The Morgan fingerprint density at radius 2 is 1.75 bits per heavy atom. The maximum Gasteiger partial charge on any atom is 0.410 e. The van der Waals surface area contributed by atoms with Crippen molar-refractivity contribution in [2.75, 3.05) is 33.1 Å². The van der Waals surface area contributed by atoms with Crippen molar-refractivity contribution in [2.24, 2.45) is 0 Å². The van der Waals surface area contributed by atoms with Gasteiger partial charge in [-0.2, -0.15) is 17.5 Å². The fourth-order valence-corrected chi connectivity index (χ4v) is 7.47. The van der Waals surface area contributed by atoms with E-state index in [0.29, 0.717) is 22.7 Å². The third-order valence-electron chi connectivity index (χ3n) is 8.76. The second-order valence-corrected chi connectivity index (χ2v) is 16.1. The molecule has 0 spiro atoms. The van der Waals surface area contributed by atoms with Crippen LogP contribution in [0.3, 0.4) is 0 Å². The van der Waals surface area contributed by atoms with E-state index in [2.05, 4.69) is 11.9 Å². The number of hydrogen-bond donors (Lipinski definition) is 2. The van der Waals surface area contributed by atoms with E-state index >= 15 is 0 Å². The van der Waals surface area contributed by atoms with Crippen molar-refractivity contribution in [3.05, 3.63) is 96.3 Å². The molecule has 0 radical (unpaired) electrons. The lowest BCUT2D eigenvalue weighted by molar-refractivity contribution is -0.226. The Kier molecular flexibility index (Phi) is 15.5. The van der Waals surface area contributed by atoms with Crippen molar-refractivity contribution >= 4 is 22.0 Å². The topological polar surface area (TPSA) is 135 Å². The molecule has 53 heavy (non-hydrogen) atoms. The number of allylic oxidation sites excluding steroid dienone is 1. The number of amides is 2. The van der Waals surface area contributed by atoms with E-state index in [0.717, 1.165) is 18.2 Å².